The van der Waals surface area contributed by atoms with E-state index in [4.69, 9.17) is 25.5 Å². The summed E-state index contributed by atoms with van der Waals surface area (Å²) < 4.78 is 0. The minimum Gasteiger partial charge on any atom is -0.550 e. The molecule has 0 atom stereocenters. The Hall–Kier alpha value is -1.74. The average Bonchev–Trinajstić information content (AvgIpc) is 2.34. The molecule has 0 saturated carbocycles. The summed E-state index contributed by atoms with van der Waals surface area (Å²) in [6.45, 7) is 0. The summed E-state index contributed by atoms with van der Waals surface area (Å²) in [5.74, 6) is -11.0. The van der Waals surface area contributed by atoms with E-state index in [2.05, 4.69) is 0 Å². The summed E-state index contributed by atoms with van der Waals surface area (Å²) >= 11 is 0. The predicted octanol–water partition coefficient (Wildman–Crippen LogP) is -9.50. The zero-order valence-corrected chi connectivity index (χ0v) is 17.2. The third-order valence-electron chi connectivity index (χ3n) is 2.54. The molecular weight excluding hydrogens is 447 g/mol. The van der Waals surface area contributed by atoms with Gasteiger partial charge in [-0.05, 0) is 0 Å². The molecule has 0 amide bonds. The number of carboxylic acid groups (broad SMARTS) is 6. The van der Waals surface area contributed by atoms with E-state index in [1.54, 1.807) is 0 Å². The van der Waals surface area contributed by atoms with Crippen molar-refractivity contribution in [3.05, 3.63) is 0 Å². The molecule has 0 aliphatic heterocycles. The molecule has 0 aromatic carbocycles. The second-order valence-corrected chi connectivity index (χ2v) is 4.89. The number of carbonyl (C=O) groups excluding carboxylic acids is 3. The SMILES string of the molecule is O=C(O)CC(O)(CC(=O)O)C(=O)O.O=C([O-])CC(O)(CC(=O)[O-])C(=O)[O-].[Fe+2].[Na+]. The van der Waals surface area contributed by atoms with Gasteiger partial charge in [0.25, 0.3) is 0 Å². The number of hydrogen-bond acceptors (Lipinski definition) is 11. The van der Waals surface area contributed by atoms with Gasteiger partial charge >= 0.3 is 64.5 Å². The van der Waals surface area contributed by atoms with E-state index in [9.17, 15) is 44.1 Å². The Kier molecular flexibility index (Phi) is 17.3. The fourth-order valence-corrected chi connectivity index (χ4v) is 1.40. The molecule has 0 aromatic rings. The molecule has 5 N–H and O–H groups in total. The first-order valence-corrected chi connectivity index (χ1v) is 6.28. The fraction of sp³-hybridized carbons (Fsp3) is 0.500. The van der Waals surface area contributed by atoms with Crippen LogP contribution in [0.2, 0.25) is 0 Å². The van der Waals surface area contributed by atoms with Crippen molar-refractivity contribution in [3.63, 3.8) is 0 Å². The number of carboxylic acids is 6. The van der Waals surface area contributed by atoms with Gasteiger partial charge < -0.3 is 55.2 Å². The van der Waals surface area contributed by atoms with Gasteiger partial charge in [0.05, 0.1) is 18.8 Å². The van der Waals surface area contributed by atoms with Crippen LogP contribution in [-0.2, 0) is 45.8 Å². The van der Waals surface area contributed by atoms with Gasteiger partial charge in [-0.2, -0.15) is 0 Å². The molecule has 14 nitrogen and oxygen atoms in total. The molecule has 0 heterocycles. The molecule has 0 spiro atoms. The third-order valence-corrected chi connectivity index (χ3v) is 2.54. The van der Waals surface area contributed by atoms with Crippen LogP contribution in [0.3, 0.4) is 0 Å². The van der Waals surface area contributed by atoms with E-state index in [-0.39, 0.29) is 46.6 Å². The number of carbonyl (C=O) groups is 6. The predicted molar refractivity (Wildman–Crippen MR) is 66.3 cm³/mol. The molecule has 0 rings (SSSR count). The van der Waals surface area contributed by atoms with Crippen molar-refractivity contribution < 1.29 is 116 Å². The number of rotatable bonds is 10. The van der Waals surface area contributed by atoms with Crippen LogP contribution >= 0.6 is 0 Å². The Bertz CT molecular complexity index is 519. The Morgan fingerprint density at radius 1 is 0.643 bits per heavy atom. The van der Waals surface area contributed by atoms with Crippen LogP contribution in [-0.4, -0.2) is 72.6 Å². The van der Waals surface area contributed by atoms with Crippen molar-refractivity contribution in [2.75, 3.05) is 0 Å². The molecular formula is C12H13FeNaO14. The van der Waals surface area contributed by atoms with Crippen molar-refractivity contribution in [1.29, 1.82) is 0 Å². The summed E-state index contributed by atoms with van der Waals surface area (Å²) in [5, 5.41) is 72.7. The molecule has 0 radical (unpaired) electrons. The molecule has 0 saturated heterocycles. The first-order chi connectivity index (χ1) is 11.6. The van der Waals surface area contributed by atoms with Crippen LogP contribution in [0.5, 0.6) is 0 Å². The Balaban J connectivity index is -0.000000192. The van der Waals surface area contributed by atoms with Crippen LogP contribution < -0.4 is 44.9 Å². The van der Waals surface area contributed by atoms with Crippen LogP contribution in [0.4, 0.5) is 0 Å². The molecule has 0 bridgehead atoms. The van der Waals surface area contributed by atoms with Gasteiger partial charge in [-0.3, -0.25) is 9.59 Å². The largest absolute Gasteiger partial charge is 2.00 e. The van der Waals surface area contributed by atoms with Crippen LogP contribution in [0.1, 0.15) is 25.7 Å². The maximum absolute atomic E-state index is 10.3. The molecule has 0 aliphatic rings. The molecule has 28 heavy (non-hydrogen) atoms. The van der Waals surface area contributed by atoms with Gasteiger partial charge in [0.1, 0.15) is 5.60 Å². The monoisotopic (exact) mass is 460 g/mol. The first kappa shape index (κ1) is 33.8. The number of aliphatic carboxylic acids is 6. The zero-order valence-electron chi connectivity index (χ0n) is 14.1. The molecule has 0 fully saturated rings. The van der Waals surface area contributed by atoms with E-state index in [0.717, 1.165) is 0 Å². The first-order valence-electron chi connectivity index (χ1n) is 6.28. The standard InChI is InChI=1S/2C6H8O7.Fe.Na/c2*7-3(8)1-6(13,5(11)12)2-4(9)10;;/h2*13H,1-2H2,(H,7,8)(H,9,10)(H,11,12);;/q;;+2;+1/p-3. The maximum atomic E-state index is 10.3. The summed E-state index contributed by atoms with van der Waals surface area (Å²) in [7, 11) is 0. The second kappa shape index (κ2) is 14.3. The summed E-state index contributed by atoms with van der Waals surface area (Å²) in [4.78, 5) is 60.5. The van der Waals surface area contributed by atoms with E-state index in [0.29, 0.717) is 0 Å². The molecule has 16 heteroatoms. The fourth-order valence-electron chi connectivity index (χ4n) is 1.40. The van der Waals surface area contributed by atoms with Gasteiger partial charge in [0.2, 0.25) is 0 Å². The number of aliphatic hydroxyl groups is 2. The quantitative estimate of drug-likeness (QED) is 0.189. The van der Waals surface area contributed by atoms with Crippen molar-refractivity contribution >= 4 is 35.8 Å². The zero-order chi connectivity index (χ0) is 21.3. The second-order valence-electron chi connectivity index (χ2n) is 4.89. The topological polar surface area (TPSA) is 273 Å². The van der Waals surface area contributed by atoms with Crippen LogP contribution in [0.25, 0.3) is 0 Å². The molecule has 154 valence electrons. The smallest absolute Gasteiger partial charge is 0.550 e. The van der Waals surface area contributed by atoms with Gasteiger partial charge in [-0.15, -0.1) is 0 Å². The Labute approximate surface area is 188 Å². The Morgan fingerprint density at radius 2 is 0.929 bits per heavy atom. The van der Waals surface area contributed by atoms with E-state index >= 15 is 0 Å². The van der Waals surface area contributed by atoms with Crippen molar-refractivity contribution in [2.45, 2.75) is 36.9 Å². The average molecular weight is 460 g/mol. The van der Waals surface area contributed by atoms with Gasteiger partial charge in [-0.25, -0.2) is 4.79 Å². The normalized spacial score (nSPS) is 10.1. The van der Waals surface area contributed by atoms with Crippen LogP contribution in [0.15, 0.2) is 0 Å². The van der Waals surface area contributed by atoms with Crippen LogP contribution in [0, 0.1) is 0 Å². The summed E-state index contributed by atoms with van der Waals surface area (Å²) in [6.07, 6.45) is -5.00. The molecule has 0 aliphatic carbocycles. The van der Waals surface area contributed by atoms with Crippen molar-refractivity contribution in [2.24, 2.45) is 0 Å². The summed E-state index contributed by atoms with van der Waals surface area (Å²) in [6, 6.07) is 0. The van der Waals surface area contributed by atoms with E-state index in [1.807, 2.05) is 0 Å². The van der Waals surface area contributed by atoms with Gasteiger partial charge in [0, 0.05) is 24.8 Å². The van der Waals surface area contributed by atoms with Gasteiger partial charge in [-0.1, -0.05) is 0 Å². The number of hydrogen-bond donors (Lipinski definition) is 5. The minimum atomic E-state index is -2.97. The minimum absolute atomic E-state index is 0. The van der Waals surface area contributed by atoms with Gasteiger partial charge in [0.15, 0.2) is 5.60 Å². The summed E-state index contributed by atoms with van der Waals surface area (Å²) in [5.41, 5.74) is -5.71. The van der Waals surface area contributed by atoms with Crippen molar-refractivity contribution in [1.82, 2.24) is 0 Å². The van der Waals surface area contributed by atoms with E-state index < -0.39 is 72.7 Å². The third kappa shape index (κ3) is 14.3. The Morgan fingerprint density at radius 3 is 1.07 bits per heavy atom. The van der Waals surface area contributed by atoms with E-state index in [1.165, 1.54) is 0 Å². The molecule has 0 unspecified atom stereocenters. The van der Waals surface area contributed by atoms with Crippen molar-refractivity contribution in [3.8, 4) is 0 Å². The molecule has 0 aromatic heterocycles. The maximum Gasteiger partial charge on any atom is 2.00 e.